The number of hydrogen-bond acceptors (Lipinski definition) is 5. The molecule has 2 unspecified atom stereocenters. The number of carbonyl (C=O) groups is 2. The van der Waals surface area contributed by atoms with E-state index >= 15 is 0 Å². The van der Waals surface area contributed by atoms with Crippen LogP contribution in [0.4, 0.5) is 10.1 Å². The highest BCUT2D eigenvalue weighted by Crippen LogP contribution is 2.21. The molecule has 6 heteroatoms. The Morgan fingerprint density at radius 3 is 2.37 bits per heavy atom. The van der Waals surface area contributed by atoms with E-state index in [1.165, 1.54) is 17.7 Å². The Labute approximate surface area is 177 Å². The van der Waals surface area contributed by atoms with Crippen LogP contribution < -0.4 is 5.32 Å². The molecule has 0 spiro atoms. The van der Waals surface area contributed by atoms with Gasteiger partial charge in [-0.1, -0.05) is 25.5 Å². The SMILES string of the molecule is CCCc1ccc(C(=O)OC(C)CC(C)Nc2ccc(F)cc2C(=O)OCC)cc1. The number of aryl methyl sites for hydroxylation is 1. The second-order valence-corrected chi connectivity index (χ2v) is 7.35. The second-order valence-electron chi connectivity index (χ2n) is 7.35. The minimum atomic E-state index is -0.585. The van der Waals surface area contributed by atoms with E-state index in [0.29, 0.717) is 17.7 Å². The van der Waals surface area contributed by atoms with Crippen LogP contribution in [0.25, 0.3) is 0 Å². The van der Waals surface area contributed by atoms with Crippen LogP contribution >= 0.6 is 0 Å². The first-order chi connectivity index (χ1) is 14.3. The smallest absolute Gasteiger partial charge is 0.340 e. The fourth-order valence-corrected chi connectivity index (χ4v) is 3.24. The van der Waals surface area contributed by atoms with Crippen LogP contribution in [0, 0.1) is 5.82 Å². The van der Waals surface area contributed by atoms with E-state index in [2.05, 4.69) is 12.2 Å². The molecule has 0 fully saturated rings. The molecule has 2 aromatic rings. The standard InChI is InChI=1S/C24H30FNO4/c1-5-7-18-8-10-19(11-9-18)23(27)30-17(4)14-16(3)26-22-13-12-20(25)15-21(22)24(28)29-6-2/h8-13,15-17,26H,5-7,14H2,1-4H3. The van der Waals surface area contributed by atoms with Crippen molar-refractivity contribution in [3.05, 3.63) is 65.0 Å². The monoisotopic (exact) mass is 415 g/mol. The summed E-state index contributed by atoms with van der Waals surface area (Å²) in [5.41, 5.74) is 2.33. The zero-order chi connectivity index (χ0) is 22.1. The third kappa shape index (κ3) is 6.87. The van der Waals surface area contributed by atoms with Gasteiger partial charge in [-0.05, 0) is 63.1 Å². The van der Waals surface area contributed by atoms with Crippen molar-refractivity contribution in [1.82, 2.24) is 0 Å². The van der Waals surface area contributed by atoms with Crippen LogP contribution in [0.3, 0.4) is 0 Å². The Bertz CT molecular complexity index is 851. The van der Waals surface area contributed by atoms with Crippen molar-refractivity contribution in [2.24, 2.45) is 0 Å². The van der Waals surface area contributed by atoms with Gasteiger partial charge < -0.3 is 14.8 Å². The summed E-state index contributed by atoms with van der Waals surface area (Å²) in [7, 11) is 0. The van der Waals surface area contributed by atoms with Gasteiger partial charge >= 0.3 is 11.9 Å². The van der Waals surface area contributed by atoms with Crippen molar-refractivity contribution in [3.63, 3.8) is 0 Å². The van der Waals surface area contributed by atoms with Gasteiger partial charge in [-0.15, -0.1) is 0 Å². The van der Waals surface area contributed by atoms with E-state index in [1.54, 1.807) is 19.1 Å². The van der Waals surface area contributed by atoms with Crippen LogP contribution in [0.1, 0.15) is 66.8 Å². The van der Waals surface area contributed by atoms with Crippen LogP contribution in [-0.2, 0) is 15.9 Å². The fourth-order valence-electron chi connectivity index (χ4n) is 3.24. The molecule has 0 aromatic heterocycles. The van der Waals surface area contributed by atoms with Crippen LogP contribution in [0.2, 0.25) is 0 Å². The summed E-state index contributed by atoms with van der Waals surface area (Å²) in [6.07, 6.45) is 2.20. The number of esters is 2. The Hall–Kier alpha value is -2.89. The number of nitrogens with one attached hydrogen (secondary N) is 1. The average Bonchev–Trinajstić information content (AvgIpc) is 2.70. The van der Waals surface area contributed by atoms with E-state index in [9.17, 15) is 14.0 Å². The lowest BCUT2D eigenvalue weighted by Gasteiger charge is -2.21. The number of rotatable bonds is 10. The third-order valence-corrected chi connectivity index (χ3v) is 4.60. The van der Waals surface area contributed by atoms with Gasteiger partial charge in [-0.2, -0.15) is 0 Å². The Morgan fingerprint density at radius 1 is 1.03 bits per heavy atom. The molecule has 5 nitrogen and oxygen atoms in total. The Balaban J connectivity index is 1.95. The van der Waals surface area contributed by atoms with E-state index in [4.69, 9.17) is 9.47 Å². The molecule has 0 amide bonds. The quantitative estimate of drug-likeness (QED) is 0.527. The van der Waals surface area contributed by atoms with Crippen molar-refractivity contribution in [2.45, 2.75) is 59.1 Å². The first-order valence-corrected chi connectivity index (χ1v) is 10.4. The van der Waals surface area contributed by atoms with E-state index in [-0.39, 0.29) is 30.3 Å². The predicted octanol–water partition coefficient (Wildman–Crippen LogP) is 5.39. The summed E-state index contributed by atoms with van der Waals surface area (Å²) in [6.45, 7) is 7.73. The van der Waals surface area contributed by atoms with Gasteiger partial charge in [0.15, 0.2) is 0 Å². The van der Waals surface area contributed by atoms with Crippen molar-refractivity contribution in [2.75, 3.05) is 11.9 Å². The highest BCUT2D eigenvalue weighted by Gasteiger charge is 2.18. The minimum Gasteiger partial charge on any atom is -0.462 e. The normalized spacial score (nSPS) is 12.7. The molecular weight excluding hydrogens is 385 g/mol. The molecule has 162 valence electrons. The lowest BCUT2D eigenvalue weighted by molar-refractivity contribution is 0.0318. The molecule has 2 rings (SSSR count). The molecule has 2 atom stereocenters. The summed E-state index contributed by atoms with van der Waals surface area (Å²) in [5, 5.41) is 3.18. The van der Waals surface area contributed by atoms with Crippen molar-refractivity contribution < 1.29 is 23.5 Å². The molecule has 0 bridgehead atoms. The van der Waals surface area contributed by atoms with E-state index in [1.807, 2.05) is 26.0 Å². The van der Waals surface area contributed by atoms with E-state index in [0.717, 1.165) is 18.9 Å². The maximum Gasteiger partial charge on any atom is 0.340 e. The molecule has 30 heavy (non-hydrogen) atoms. The van der Waals surface area contributed by atoms with Crippen LogP contribution in [0.15, 0.2) is 42.5 Å². The number of hydrogen-bond donors (Lipinski definition) is 1. The second kappa shape index (κ2) is 11.3. The van der Waals surface area contributed by atoms with Crippen molar-refractivity contribution >= 4 is 17.6 Å². The summed E-state index contributed by atoms with van der Waals surface area (Å²) in [4.78, 5) is 24.5. The zero-order valence-corrected chi connectivity index (χ0v) is 18.0. The minimum absolute atomic E-state index is 0.127. The molecule has 0 radical (unpaired) electrons. The topological polar surface area (TPSA) is 64.6 Å². The van der Waals surface area contributed by atoms with Gasteiger partial charge in [-0.3, -0.25) is 0 Å². The average molecular weight is 416 g/mol. The summed E-state index contributed by atoms with van der Waals surface area (Å²) in [5.74, 6) is -1.46. The maximum atomic E-state index is 13.6. The third-order valence-electron chi connectivity index (χ3n) is 4.60. The van der Waals surface area contributed by atoms with Gasteiger partial charge in [0.05, 0.1) is 17.7 Å². The van der Waals surface area contributed by atoms with Gasteiger partial charge in [0.1, 0.15) is 11.9 Å². The molecule has 0 saturated heterocycles. The number of carbonyl (C=O) groups excluding carboxylic acids is 2. The summed E-state index contributed by atoms with van der Waals surface area (Å²) in [6, 6.07) is 11.3. The Morgan fingerprint density at radius 2 is 1.73 bits per heavy atom. The zero-order valence-electron chi connectivity index (χ0n) is 18.0. The van der Waals surface area contributed by atoms with Gasteiger partial charge in [0.25, 0.3) is 0 Å². The van der Waals surface area contributed by atoms with Gasteiger partial charge in [0.2, 0.25) is 0 Å². The van der Waals surface area contributed by atoms with Crippen LogP contribution in [0.5, 0.6) is 0 Å². The summed E-state index contributed by atoms with van der Waals surface area (Å²) < 4.78 is 24.1. The molecule has 0 aliphatic carbocycles. The first kappa shape index (κ1) is 23.4. The fraction of sp³-hybridized carbons (Fsp3) is 0.417. The highest BCUT2D eigenvalue weighted by molar-refractivity contribution is 5.95. The predicted molar refractivity (Wildman–Crippen MR) is 115 cm³/mol. The number of halogens is 1. The summed E-state index contributed by atoms with van der Waals surface area (Å²) >= 11 is 0. The lowest BCUT2D eigenvalue weighted by atomic mass is 10.1. The number of anilines is 1. The number of benzene rings is 2. The Kier molecular flexibility index (Phi) is 8.84. The molecule has 0 aliphatic rings. The molecule has 2 aromatic carbocycles. The molecule has 0 saturated carbocycles. The highest BCUT2D eigenvalue weighted by atomic mass is 19.1. The first-order valence-electron chi connectivity index (χ1n) is 10.4. The van der Waals surface area contributed by atoms with Gasteiger partial charge in [-0.25, -0.2) is 14.0 Å². The molecule has 1 N–H and O–H groups in total. The van der Waals surface area contributed by atoms with Crippen LogP contribution in [-0.4, -0.2) is 30.7 Å². The lowest BCUT2D eigenvalue weighted by Crippen LogP contribution is -2.25. The van der Waals surface area contributed by atoms with Gasteiger partial charge in [0, 0.05) is 18.2 Å². The molecule has 0 aliphatic heterocycles. The van der Waals surface area contributed by atoms with Crippen molar-refractivity contribution in [3.8, 4) is 0 Å². The molecule has 0 heterocycles. The largest absolute Gasteiger partial charge is 0.462 e. The van der Waals surface area contributed by atoms with E-state index < -0.39 is 11.8 Å². The maximum absolute atomic E-state index is 13.6. The molecular formula is C24H30FNO4. The van der Waals surface area contributed by atoms with Crippen molar-refractivity contribution in [1.29, 1.82) is 0 Å². The number of ether oxygens (including phenoxy) is 2.